The van der Waals surface area contributed by atoms with E-state index in [2.05, 4.69) is 39.5 Å². The molecule has 2 nitrogen and oxygen atoms in total. The number of hydrogen-bond acceptors (Lipinski definition) is 1. The SMILES string of the molecule is CCC(C)N1CC(C)[N+](CC)(CC)C1. The Morgan fingerprint density at radius 1 is 1.29 bits per heavy atom. The molecule has 0 aliphatic carbocycles. The summed E-state index contributed by atoms with van der Waals surface area (Å²) >= 11 is 0. The van der Waals surface area contributed by atoms with Crippen LogP contribution in [0.15, 0.2) is 0 Å². The second kappa shape index (κ2) is 4.63. The van der Waals surface area contributed by atoms with Crippen LogP contribution in [-0.2, 0) is 0 Å². The van der Waals surface area contributed by atoms with Gasteiger partial charge in [0, 0.05) is 6.04 Å². The second-order valence-electron chi connectivity index (χ2n) is 4.87. The van der Waals surface area contributed by atoms with Gasteiger partial charge in [0.05, 0.1) is 19.6 Å². The largest absolute Gasteiger partial charge is 0.308 e. The standard InChI is InChI=1S/C12H27N2/c1-6-11(4)13-9-12(5)14(7-2,8-3)10-13/h11-12H,6-10H2,1-5H3/q+1. The van der Waals surface area contributed by atoms with E-state index in [4.69, 9.17) is 0 Å². The highest BCUT2D eigenvalue weighted by Gasteiger charge is 2.41. The molecule has 1 fully saturated rings. The molecule has 0 N–H and O–H groups in total. The predicted molar refractivity (Wildman–Crippen MR) is 62.1 cm³/mol. The third-order valence-corrected chi connectivity index (χ3v) is 4.37. The molecule has 1 heterocycles. The molecule has 0 saturated carbocycles. The second-order valence-corrected chi connectivity index (χ2v) is 4.87. The first-order valence-electron chi connectivity index (χ1n) is 6.19. The van der Waals surface area contributed by atoms with Crippen molar-refractivity contribution in [1.29, 1.82) is 0 Å². The molecule has 0 spiro atoms. The molecule has 0 aromatic heterocycles. The van der Waals surface area contributed by atoms with Crippen molar-refractivity contribution in [3.63, 3.8) is 0 Å². The Balaban J connectivity index is 2.67. The highest BCUT2D eigenvalue weighted by atomic mass is 15.5. The zero-order valence-electron chi connectivity index (χ0n) is 10.6. The van der Waals surface area contributed by atoms with E-state index in [1.165, 1.54) is 37.2 Å². The van der Waals surface area contributed by atoms with E-state index in [0.29, 0.717) is 0 Å². The third-order valence-electron chi connectivity index (χ3n) is 4.37. The van der Waals surface area contributed by atoms with Gasteiger partial charge in [-0.05, 0) is 34.1 Å². The van der Waals surface area contributed by atoms with Crippen molar-refractivity contribution in [2.24, 2.45) is 0 Å². The quantitative estimate of drug-likeness (QED) is 0.628. The molecule has 14 heavy (non-hydrogen) atoms. The summed E-state index contributed by atoms with van der Waals surface area (Å²) in [6.07, 6.45) is 1.28. The van der Waals surface area contributed by atoms with Crippen molar-refractivity contribution in [3.05, 3.63) is 0 Å². The Kier molecular flexibility index (Phi) is 3.96. The van der Waals surface area contributed by atoms with Crippen molar-refractivity contribution in [1.82, 2.24) is 4.90 Å². The smallest absolute Gasteiger partial charge is 0.135 e. The summed E-state index contributed by atoms with van der Waals surface area (Å²) < 4.78 is 1.30. The van der Waals surface area contributed by atoms with Crippen LogP contribution < -0.4 is 0 Å². The zero-order chi connectivity index (χ0) is 10.8. The average molecular weight is 199 g/mol. The van der Waals surface area contributed by atoms with E-state index >= 15 is 0 Å². The van der Waals surface area contributed by atoms with Crippen LogP contribution in [0.1, 0.15) is 41.0 Å². The molecule has 0 radical (unpaired) electrons. The van der Waals surface area contributed by atoms with Crippen LogP contribution >= 0.6 is 0 Å². The van der Waals surface area contributed by atoms with E-state index in [1.807, 2.05) is 0 Å². The molecule has 2 unspecified atom stereocenters. The first kappa shape index (κ1) is 12.0. The van der Waals surface area contributed by atoms with Crippen molar-refractivity contribution in [2.45, 2.75) is 53.1 Å². The lowest BCUT2D eigenvalue weighted by molar-refractivity contribution is -0.937. The number of rotatable bonds is 4. The molecule has 1 saturated heterocycles. The molecular weight excluding hydrogens is 172 g/mol. The van der Waals surface area contributed by atoms with Crippen LogP contribution in [0.25, 0.3) is 0 Å². The summed E-state index contributed by atoms with van der Waals surface area (Å²) in [6, 6.07) is 1.58. The fourth-order valence-corrected chi connectivity index (χ4v) is 2.70. The van der Waals surface area contributed by atoms with Crippen LogP contribution in [-0.4, -0.2) is 47.8 Å². The summed E-state index contributed by atoms with van der Waals surface area (Å²) in [5, 5.41) is 0. The van der Waals surface area contributed by atoms with Gasteiger partial charge in [-0.15, -0.1) is 0 Å². The lowest BCUT2D eigenvalue weighted by Crippen LogP contribution is -2.51. The maximum atomic E-state index is 2.66. The van der Waals surface area contributed by atoms with Gasteiger partial charge in [0.15, 0.2) is 0 Å². The van der Waals surface area contributed by atoms with E-state index in [-0.39, 0.29) is 0 Å². The molecule has 1 rings (SSSR count). The lowest BCUT2D eigenvalue weighted by Gasteiger charge is -2.36. The van der Waals surface area contributed by atoms with Crippen molar-refractivity contribution in [2.75, 3.05) is 26.3 Å². The normalized spacial score (nSPS) is 29.4. The Morgan fingerprint density at radius 2 is 1.86 bits per heavy atom. The minimum atomic E-state index is 0.760. The fraction of sp³-hybridized carbons (Fsp3) is 1.00. The average Bonchev–Trinajstić information content (AvgIpc) is 2.55. The molecular formula is C12H27N2+. The zero-order valence-corrected chi connectivity index (χ0v) is 10.6. The van der Waals surface area contributed by atoms with E-state index in [9.17, 15) is 0 Å². The highest BCUT2D eigenvalue weighted by Crippen LogP contribution is 2.25. The van der Waals surface area contributed by atoms with Gasteiger partial charge in [0.2, 0.25) is 0 Å². The fourth-order valence-electron chi connectivity index (χ4n) is 2.70. The number of quaternary nitrogens is 1. The number of nitrogens with zero attached hydrogens (tertiary/aromatic N) is 2. The van der Waals surface area contributed by atoms with E-state index < -0.39 is 0 Å². The Morgan fingerprint density at radius 3 is 2.21 bits per heavy atom. The topological polar surface area (TPSA) is 3.24 Å². The molecule has 2 heteroatoms. The first-order chi connectivity index (χ1) is 6.59. The maximum Gasteiger partial charge on any atom is 0.135 e. The van der Waals surface area contributed by atoms with Crippen LogP contribution in [0.3, 0.4) is 0 Å². The van der Waals surface area contributed by atoms with Gasteiger partial charge < -0.3 is 4.48 Å². The molecule has 84 valence electrons. The van der Waals surface area contributed by atoms with Crippen molar-refractivity contribution in [3.8, 4) is 0 Å². The van der Waals surface area contributed by atoms with Gasteiger partial charge in [0.1, 0.15) is 12.7 Å². The van der Waals surface area contributed by atoms with Gasteiger partial charge in [-0.3, -0.25) is 0 Å². The van der Waals surface area contributed by atoms with Gasteiger partial charge in [-0.25, -0.2) is 4.90 Å². The molecule has 2 atom stereocenters. The maximum absolute atomic E-state index is 2.66. The van der Waals surface area contributed by atoms with Crippen LogP contribution in [0.4, 0.5) is 0 Å². The van der Waals surface area contributed by atoms with Crippen LogP contribution in [0, 0.1) is 0 Å². The highest BCUT2D eigenvalue weighted by molar-refractivity contribution is 4.73. The summed E-state index contributed by atoms with van der Waals surface area (Å²) in [5.74, 6) is 0. The molecule has 1 aliphatic heterocycles. The molecule has 0 aromatic rings. The van der Waals surface area contributed by atoms with Gasteiger partial charge in [-0.2, -0.15) is 0 Å². The van der Waals surface area contributed by atoms with Crippen molar-refractivity contribution >= 4 is 0 Å². The van der Waals surface area contributed by atoms with E-state index in [0.717, 1.165) is 12.1 Å². The molecule has 0 aromatic carbocycles. The summed E-state index contributed by atoms with van der Waals surface area (Å²) in [6.45, 7) is 16.9. The Hall–Kier alpha value is -0.0800. The monoisotopic (exact) mass is 199 g/mol. The van der Waals surface area contributed by atoms with Crippen LogP contribution in [0.2, 0.25) is 0 Å². The summed E-state index contributed by atoms with van der Waals surface area (Å²) in [7, 11) is 0. The Labute approximate surface area is 89.5 Å². The minimum absolute atomic E-state index is 0.760. The first-order valence-corrected chi connectivity index (χ1v) is 6.19. The lowest BCUT2D eigenvalue weighted by atomic mass is 10.2. The van der Waals surface area contributed by atoms with Crippen LogP contribution in [0.5, 0.6) is 0 Å². The van der Waals surface area contributed by atoms with Gasteiger partial charge in [-0.1, -0.05) is 6.92 Å². The van der Waals surface area contributed by atoms with E-state index in [1.54, 1.807) is 0 Å². The summed E-state index contributed by atoms with van der Waals surface area (Å²) in [4.78, 5) is 2.66. The summed E-state index contributed by atoms with van der Waals surface area (Å²) in [5.41, 5.74) is 0. The molecule has 0 amide bonds. The minimum Gasteiger partial charge on any atom is -0.308 e. The number of likely N-dealkylation sites (N-methyl/N-ethyl adjacent to an activating group) is 1. The molecule has 0 bridgehead atoms. The van der Waals surface area contributed by atoms with Crippen molar-refractivity contribution < 1.29 is 4.48 Å². The van der Waals surface area contributed by atoms with Gasteiger partial charge in [0.25, 0.3) is 0 Å². The Bertz CT molecular complexity index is 175. The predicted octanol–water partition coefficient (Wildman–Crippen LogP) is 2.30. The van der Waals surface area contributed by atoms with Gasteiger partial charge >= 0.3 is 0 Å². The number of hydrogen-bond donors (Lipinski definition) is 0. The molecule has 1 aliphatic rings. The third kappa shape index (κ3) is 1.96.